The number of rotatable bonds is 6. The third kappa shape index (κ3) is 20.9. The van der Waals surface area contributed by atoms with Gasteiger partial charge in [-0.1, -0.05) is 0 Å². The van der Waals surface area contributed by atoms with Crippen LogP contribution in [0.4, 0.5) is 4.39 Å². The quantitative estimate of drug-likeness (QED) is 0.0950. The van der Waals surface area contributed by atoms with Crippen molar-refractivity contribution in [1.29, 1.82) is 0 Å². The first-order valence-corrected chi connectivity index (χ1v) is 15.4. The molecule has 1 aromatic heterocycles. The van der Waals surface area contributed by atoms with Crippen LogP contribution in [0.2, 0.25) is 0 Å². The minimum Gasteiger partial charge on any atom is -1.00 e. The van der Waals surface area contributed by atoms with Crippen molar-refractivity contribution in [2.75, 3.05) is 20.0 Å². The zero-order chi connectivity index (χ0) is 34.3. The number of carbonyl (C=O) groups excluding carboxylic acids is 4. The number of ether oxygens (including phenoxy) is 4. The van der Waals surface area contributed by atoms with Crippen LogP contribution in [0.25, 0.3) is 10.1 Å². The molecule has 0 N–H and O–H groups in total. The molecule has 3 aromatic rings. The fraction of sp³-hybridized carbons (Fsp3) is 0.379. The van der Waals surface area contributed by atoms with Crippen LogP contribution in [0, 0.1) is 5.82 Å². The van der Waals surface area contributed by atoms with Crippen molar-refractivity contribution in [1.82, 2.24) is 0 Å². The van der Waals surface area contributed by atoms with Crippen molar-refractivity contribution < 1.29 is 157 Å². The Labute approximate surface area is 381 Å². The number of benzene rings is 2. The van der Waals surface area contributed by atoms with Gasteiger partial charge in [-0.2, -0.15) is 12.6 Å². The Bertz CT molecular complexity index is 1420. The molecule has 0 aliphatic heterocycles. The van der Waals surface area contributed by atoms with Crippen molar-refractivity contribution >= 4 is 90.6 Å². The molecule has 3 rings (SSSR count). The van der Waals surface area contributed by atoms with E-state index in [0.29, 0.717) is 21.4 Å². The largest absolute Gasteiger partial charge is 1.00 e. The fourth-order valence-electron chi connectivity index (χ4n) is 2.79. The van der Waals surface area contributed by atoms with Crippen molar-refractivity contribution in [2.24, 2.45) is 0 Å². The first kappa shape index (κ1) is 50.9. The molecule has 0 fully saturated rings. The normalized spacial score (nSPS) is 9.93. The molecule has 0 amide bonds. The molecule has 246 valence electrons. The van der Waals surface area contributed by atoms with Gasteiger partial charge < -0.3 is 30.5 Å². The molecule has 0 aliphatic carbocycles. The zero-order valence-corrected chi connectivity index (χ0v) is 38.4. The van der Waals surface area contributed by atoms with Crippen LogP contribution in [0.3, 0.4) is 0 Å². The van der Waals surface area contributed by atoms with E-state index in [2.05, 4.69) is 49.4 Å². The summed E-state index contributed by atoms with van der Waals surface area (Å²) in [4.78, 5) is 44.7. The van der Waals surface area contributed by atoms with E-state index in [1.54, 1.807) is 7.11 Å². The number of methoxy groups -OCH3 is 2. The Morgan fingerprint density at radius 3 is 1.78 bits per heavy atom. The SMILES string of the molecule is CC(C)(C)OC(=O)CS.COc1cc(F)c(C=O)cc1Br.COc1cc2sc(C(=O)OC(C)(C)C)cc2cc1Br.O=CO[O-].[H-].[K+].[K+]. The van der Waals surface area contributed by atoms with Crippen molar-refractivity contribution in [3.8, 4) is 11.5 Å². The van der Waals surface area contributed by atoms with Gasteiger partial charge in [0.05, 0.1) is 34.5 Å². The van der Waals surface area contributed by atoms with Crippen molar-refractivity contribution in [3.05, 3.63) is 55.5 Å². The molecule has 17 heteroatoms. The second-order valence-electron chi connectivity index (χ2n) is 10.2. The van der Waals surface area contributed by atoms with Crippen LogP contribution >= 0.6 is 55.8 Å². The van der Waals surface area contributed by atoms with Crippen molar-refractivity contribution in [2.45, 2.75) is 52.7 Å². The van der Waals surface area contributed by atoms with Crippen LogP contribution in [-0.4, -0.2) is 55.9 Å². The number of carbonyl (C=O) groups is 4. The average molecular weight is 865 g/mol. The summed E-state index contributed by atoms with van der Waals surface area (Å²) in [5, 5.41) is 9.43. The standard InChI is InChI=1S/C14H15BrO3S.C8H6BrFO2.C6H12O2S.CH2O3.2K.H/c1-14(2,3)18-13(16)12-6-8-5-9(15)10(17-4)7-11(8)19-12;1-12-8-3-7(10)5(4-11)2-6(8)9;1-6(2,3)8-5(7)4-9;2-1-4-3;;;/h5-7H,1-4H3;2-4H,1H3;9H,4H2,1-3H3;1,3H;;;/q;;;;2*+1;-1/p-1. The molecular weight excluding hydrogens is 829 g/mol. The van der Waals surface area contributed by atoms with Gasteiger partial charge in [-0.15, -0.1) is 11.3 Å². The second-order valence-corrected chi connectivity index (χ2v) is 13.3. The van der Waals surface area contributed by atoms with E-state index >= 15 is 0 Å². The number of hydrogen-bond donors (Lipinski definition) is 1. The molecule has 1 heterocycles. The predicted octanol–water partition coefficient (Wildman–Crippen LogP) is 0.850. The molecule has 0 radical (unpaired) electrons. The van der Waals surface area contributed by atoms with Gasteiger partial charge in [-0.05, 0) is 103 Å². The third-order valence-electron chi connectivity index (χ3n) is 4.38. The number of halogens is 3. The summed E-state index contributed by atoms with van der Waals surface area (Å²) in [5.41, 5.74) is -0.839. The van der Waals surface area contributed by atoms with E-state index in [-0.39, 0.29) is 140 Å². The monoisotopic (exact) mass is 862 g/mol. The molecule has 0 bridgehead atoms. The summed E-state index contributed by atoms with van der Waals surface area (Å²) < 4.78 is 35.6. The summed E-state index contributed by atoms with van der Waals surface area (Å²) in [6.07, 6.45) is 0.458. The van der Waals surface area contributed by atoms with Gasteiger partial charge in [-0.3, -0.25) is 14.4 Å². The van der Waals surface area contributed by atoms with E-state index in [0.717, 1.165) is 26.4 Å². The van der Waals surface area contributed by atoms with Crippen LogP contribution in [-0.2, 0) is 24.0 Å². The van der Waals surface area contributed by atoms with Crippen LogP contribution < -0.4 is 118 Å². The maximum Gasteiger partial charge on any atom is 1.00 e. The molecule has 2 aromatic carbocycles. The van der Waals surface area contributed by atoms with Gasteiger partial charge in [0.15, 0.2) is 6.29 Å². The number of esters is 2. The Hall–Kier alpha value is 0.553. The number of thiophene rings is 1. The average Bonchev–Trinajstić information content (AvgIpc) is 3.35. The Balaban J connectivity index is -0.000000288. The molecule has 0 atom stereocenters. The van der Waals surface area contributed by atoms with Gasteiger partial charge in [0.25, 0.3) is 6.47 Å². The maximum absolute atomic E-state index is 12.9. The Morgan fingerprint density at radius 1 is 0.913 bits per heavy atom. The van der Waals surface area contributed by atoms with Gasteiger partial charge >= 0.3 is 115 Å². The molecule has 0 saturated heterocycles. The minimum absolute atomic E-state index is 0. The minimum atomic E-state index is -0.579. The number of hydrogen-bond acceptors (Lipinski definition) is 12. The summed E-state index contributed by atoms with van der Waals surface area (Å²) in [6.45, 7) is 10.9. The number of aldehydes is 1. The molecule has 10 nitrogen and oxygen atoms in total. The topological polar surface area (TPSA) is 137 Å². The molecule has 0 aliphatic rings. The van der Waals surface area contributed by atoms with Gasteiger partial charge in [0.1, 0.15) is 33.4 Å². The maximum atomic E-state index is 12.9. The Morgan fingerprint density at radius 2 is 1.39 bits per heavy atom. The zero-order valence-electron chi connectivity index (χ0n) is 28.3. The molecular formula is C29H35Br2FK2O10S2. The number of thiol groups is 1. The second kappa shape index (κ2) is 25.5. The molecule has 0 spiro atoms. The van der Waals surface area contributed by atoms with Gasteiger partial charge in [0, 0.05) is 10.8 Å². The summed E-state index contributed by atoms with van der Waals surface area (Å²) in [6, 6.07) is 8.24. The first-order chi connectivity index (χ1) is 20.4. The summed E-state index contributed by atoms with van der Waals surface area (Å²) in [7, 11) is 3.05. The van der Waals surface area contributed by atoms with E-state index < -0.39 is 11.4 Å². The number of fused-ring (bicyclic) bond motifs is 1. The summed E-state index contributed by atoms with van der Waals surface area (Å²) in [5.74, 6) is 0.139. The van der Waals surface area contributed by atoms with E-state index in [4.69, 9.17) is 29.0 Å². The molecule has 46 heavy (non-hydrogen) atoms. The first-order valence-electron chi connectivity index (χ1n) is 12.4. The van der Waals surface area contributed by atoms with Gasteiger partial charge in [-0.25, -0.2) is 9.18 Å². The smallest absolute Gasteiger partial charge is 1.00 e. The van der Waals surface area contributed by atoms with Gasteiger partial charge in [0.2, 0.25) is 0 Å². The van der Waals surface area contributed by atoms with E-state index in [1.165, 1.54) is 24.5 Å². The third-order valence-corrected chi connectivity index (χ3v) is 6.95. The molecule has 0 saturated carbocycles. The van der Waals surface area contributed by atoms with Crippen LogP contribution in [0.5, 0.6) is 11.5 Å². The van der Waals surface area contributed by atoms with Crippen molar-refractivity contribution in [3.63, 3.8) is 0 Å². The fourth-order valence-corrected chi connectivity index (χ4v) is 4.85. The summed E-state index contributed by atoms with van der Waals surface area (Å²) >= 11 is 11.7. The molecule has 0 unspecified atom stereocenters. The van der Waals surface area contributed by atoms with Crippen LogP contribution in [0.15, 0.2) is 39.3 Å². The predicted molar refractivity (Wildman–Crippen MR) is 175 cm³/mol. The van der Waals surface area contributed by atoms with E-state index in [1.807, 2.05) is 59.7 Å². The Kier molecular flexibility index (Phi) is 28.2. The van der Waals surface area contributed by atoms with E-state index in [9.17, 15) is 18.8 Å². The van der Waals surface area contributed by atoms with Crippen LogP contribution in [0.1, 0.15) is 63.0 Å².